The number of hydrogen-bond donors (Lipinski definition) is 1. The first-order chi connectivity index (χ1) is 13.6. The molecule has 0 spiro atoms. The van der Waals surface area contributed by atoms with E-state index in [0.29, 0.717) is 28.5 Å². The lowest BCUT2D eigenvalue weighted by atomic mass is 10.1. The number of carbonyl (C=O) groups excluding carboxylic acids is 2. The molecule has 146 valence electrons. The van der Waals surface area contributed by atoms with Crippen LogP contribution in [0.3, 0.4) is 0 Å². The summed E-state index contributed by atoms with van der Waals surface area (Å²) >= 11 is 0. The third kappa shape index (κ3) is 3.93. The molecule has 0 saturated carbocycles. The van der Waals surface area contributed by atoms with Crippen molar-refractivity contribution in [2.24, 2.45) is 0 Å². The summed E-state index contributed by atoms with van der Waals surface area (Å²) in [5.74, 6) is 1.21. The second kappa shape index (κ2) is 8.47. The lowest BCUT2D eigenvalue weighted by molar-refractivity contribution is -0.127. The molecule has 3 rings (SSSR count). The number of amides is 2. The summed E-state index contributed by atoms with van der Waals surface area (Å²) in [4.78, 5) is 26.5. The van der Waals surface area contributed by atoms with Gasteiger partial charge in [0, 0.05) is 18.7 Å². The van der Waals surface area contributed by atoms with Gasteiger partial charge in [-0.1, -0.05) is 12.1 Å². The molecule has 0 saturated heterocycles. The number of likely N-dealkylation sites (N-methyl/N-ethyl adjacent to an activating group) is 1. The highest BCUT2D eigenvalue weighted by Gasteiger charge is 2.32. The molecule has 1 atom stereocenters. The van der Waals surface area contributed by atoms with Gasteiger partial charge in [-0.3, -0.25) is 9.59 Å². The zero-order valence-electron chi connectivity index (χ0n) is 16.0. The fraction of sp³-hybridized carbons (Fsp3) is 0.238. The van der Waals surface area contributed by atoms with Gasteiger partial charge in [0.2, 0.25) is 0 Å². The number of nitrogens with one attached hydrogen (secondary N) is 1. The van der Waals surface area contributed by atoms with Crippen molar-refractivity contribution in [2.75, 3.05) is 32.7 Å². The van der Waals surface area contributed by atoms with E-state index in [-0.39, 0.29) is 18.4 Å². The highest BCUT2D eigenvalue weighted by Crippen LogP contribution is 2.33. The molecule has 28 heavy (non-hydrogen) atoms. The van der Waals surface area contributed by atoms with Crippen molar-refractivity contribution in [2.45, 2.75) is 6.10 Å². The summed E-state index contributed by atoms with van der Waals surface area (Å²) in [6.07, 6.45) is 2.33. The molecule has 0 aromatic heterocycles. The van der Waals surface area contributed by atoms with Gasteiger partial charge in [0.05, 0.1) is 26.5 Å². The van der Waals surface area contributed by atoms with E-state index in [4.69, 9.17) is 14.2 Å². The fourth-order valence-corrected chi connectivity index (χ4v) is 2.96. The highest BCUT2D eigenvalue weighted by atomic mass is 16.5. The van der Waals surface area contributed by atoms with Crippen LogP contribution >= 0.6 is 0 Å². The molecule has 1 N–H and O–H groups in total. The summed E-state index contributed by atoms with van der Waals surface area (Å²) < 4.78 is 16.3. The van der Waals surface area contributed by atoms with Crippen molar-refractivity contribution in [1.82, 2.24) is 5.32 Å². The van der Waals surface area contributed by atoms with Crippen LogP contribution in [0.1, 0.15) is 5.56 Å². The molecular formula is C21H22N2O5. The van der Waals surface area contributed by atoms with Gasteiger partial charge in [-0.15, -0.1) is 0 Å². The van der Waals surface area contributed by atoms with Crippen LogP contribution in [0.2, 0.25) is 0 Å². The largest absolute Gasteiger partial charge is 0.497 e. The Morgan fingerprint density at radius 3 is 2.68 bits per heavy atom. The average molecular weight is 382 g/mol. The number of para-hydroxylation sites is 2. The van der Waals surface area contributed by atoms with E-state index < -0.39 is 6.10 Å². The Balaban J connectivity index is 1.89. The third-order valence-electron chi connectivity index (χ3n) is 4.42. The second-order valence-corrected chi connectivity index (χ2v) is 6.08. The maximum atomic E-state index is 12.9. The summed E-state index contributed by atoms with van der Waals surface area (Å²) in [6.45, 7) is 0.120. The molecule has 1 unspecified atom stereocenters. The monoisotopic (exact) mass is 382 g/mol. The molecule has 1 heterocycles. The molecule has 1 aliphatic rings. The molecule has 7 nitrogen and oxygen atoms in total. The number of carbonyl (C=O) groups is 2. The van der Waals surface area contributed by atoms with Crippen LogP contribution in [0.15, 0.2) is 48.5 Å². The predicted octanol–water partition coefficient (Wildman–Crippen LogP) is 2.26. The predicted molar refractivity (Wildman–Crippen MR) is 106 cm³/mol. The quantitative estimate of drug-likeness (QED) is 0.803. The molecule has 0 bridgehead atoms. The summed E-state index contributed by atoms with van der Waals surface area (Å²) in [5, 5.41) is 2.56. The van der Waals surface area contributed by atoms with Gasteiger partial charge in [-0.05, 0) is 36.4 Å². The normalized spacial score (nSPS) is 15.5. The van der Waals surface area contributed by atoms with Crippen molar-refractivity contribution >= 4 is 23.6 Å². The molecule has 2 aromatic rings. The van der Waals surface area contributed by atoms with E-state index in [9.17, 15) is 9.59 Å². The van der Waals surface area contributed by atoms with E-state index in [1.54, 1.807) is 56.7 Å². The van der Waals surface area contributed by atoms with Crippen molar-refractivity contribution < 1.29 is 23.8 Å². The van der Waals surface area contributed by atoms with E-state index in [1.807, 2.05) is 6.07 Å². The Kier molecular flexibility index (Phi) is 5.84. The molecule has 7 heteroatoms. The molecule has 0 aliphatic carbocycles. The van der Waals surface area contributed by atoms with Crippen LogP contribution in [-0.2, 0) is 9.59 Å². The Hall–Kier alpha value is -3.48. The molecule has 2 aromatic carbocycles. The molecular weight excluding hydrogens is 360 g/mol. The lowest BCUT2D eigenvalue weighted by Gasteiger charge is -2.33. The number of hydrogen-bond acceptors (Lipinski definition) is 5. The molecule has 0 fully saturated rings. The zero-order chi connectivity index (χ0) is 20.1. The minimum absolute atomic E-state index is 0.120. The smallest absolute Gasteiger partial charge is 0.262 e. The maximum absolute atomic E-state index is 12.9. The van der Waals surface area contributed by atoms with Crippen molar-refractivity contribution in [3.05, 3.63) is 54.1 Å². The average Bonchev–Trinajstić information content (AvgIpc) is 2.75. The molecule has 1 aliphatic heterocycles. The molecule has 2 amide bonds. The summed E-state index contributed by atoms with van der Waals surface area (Å²) in [6, 6.07) is 12.5. The number of anilines is 1. The number of methoxy groups -OCH3 is 2. The first kappa shape index (κ1) is 19.3. The topological polar surface area (TPSA) is 77.1 Å². The van der Waals surface area contributed by atoms with Crippen LogP contribution in [0.25, 0.3) is 6.08 Å². The van der Waals surface area contributed by atoms with Gasteiger partial charge in [0.15, 0.2) is 6.10 Å². The van der Waals surface area contributed by atoms with Crippen molar-refractivity contribution in [3.8, 4) is 17.2 Å². The zero-order valence-corrected chi connectivity index (χ0v) is 16.0. The molecule has 0 radical (unpaired) electrons. The van der Waals surface area contributed by atoms with Gasteiger partial charge < -0.3 is 24.4 Å². The van der Waals surface area contributed by atoms with Gasteiger partial charge in [0.1, 0.15) is 17.2 Å². The van der Waals surface area contributed by atoms with Crippen LogP contribution in [-0.4, -0.2) is 45.7 Å². The summed E-state index contributed by atoms with van der Waals surface area (Å²) in [7, 11) is 4.67. The Morgan fingerprint density at radius 1 is 1.18 bits per heavy atom. The Labute approximate surface area is 163 Å². The van der Waals surface area contributed by atoms with Gasteiger partial charge in [0.25, 0.3) is 11.8 Å². The minimum atomic E-state index is -0.774. The fourth-order valence-electron chi connectivity index (χ4n) is 2.96. The van der Waals surface area contributed by atoms with Gasteiger partial charge >= 0.3 is 0 Å². The van der Waals surface area contributed by atoms with Crippen molar-refractivity contribution in [1.29, 1.82) is 0 Å². The standard InChI is InChI=1S/C21H22N2O5/c1-22-21(25)19-13-23(16-6-4-5-7-18(16)28-19)20(24)11-8-14-12-15(26-2)9-10-17(14)27-3/h4-12,19H,13H2,1-3H3,(H,22,25). The van der Waals surface area contributed by atoms with Crippen molar-refractivity contribution in [3.63, 3.8) is 0 Å². The van der Waals surface area contributed by atoms with Crippen LogP contribution in [0.4, 0.5) is 5.69 Å². The number of nitrogens with zero attached hydrogens (tertiary/aromatic N) is 1. The number of ether oxygens (including phenoxy) is 3. The first-order valence-electron chi connectivity index (χ1n) is 8.76. The van der Waals surface area contributed by atoms with Crippen LogP contribution < -0.4 is 24.4 Å². The first-order valence-corrected chi connectivity index (χ1v) is 8.76. The lowest BCUT2D eigenvalue weighted by Crippen LogP contribution is -2.49. The van der Waals surface area contributed by atoms with E-state index in [1.165, 1.54) is 18.0 Å². The second-order valence-electron chi connectivity index (χ2n) is 6.08. The van der Waals surface area contributed by atoms with E-state index in [2.05, 4.69) is 5.32 Å². The third-order valence-corrected chi connectivity index (χ3v) is 4.42. The summed E-state index contributed by atoms with van der Waals surface area (Å²) in [5.41, 5.74) is 1.33. The number of fused-ring (bicyclic) bond motifs is 1. The van der Waals surface area contributed by atoms with Crippen LogP contribution in [0.5, 0.6) is 17.2 Å². The van der Waals surface area contributed by atoms with E-state index >= 15 is 0 Å². The number of rotatable bonds is 5. The minimum Gasteiger partial charge on any atom is -0.497 e. The SMILES string of the molecule is CNC(=O)C1CN(C(=O)C=Cc2cc(OC)ccc2OC)c2ccccc2O1. The van der Waals surface area contributed by atoms with Crippen LogP contribution in [0, 0.1) is 0 Å². The Morgan fingerprint density at radius 2 is 1.96 bits per heavy atom. The highest BCUT2D eigenvalue weighted by molar-refractivity contribution is 6.06. The van der Waals surface area contributed by atoms with E-state index in [0.717, 1.165) is 0 Å². The van der Waals surface area contributed by atoms with Gasteiger partial charge in [-0.2, -0.15) is 0 Å². The Bertz CT molecular complexity index is 909. The maximum Gasteiger partial charge on any atom is 0.262 e. The van der Waals surface area contributed by atoms with Gasteiger partial charge in [-0.25, -0.2) is 0 Å². The number of benzene rings is 2.